The van der Waals surface area contributed by atoms with Gasteiger partial charge in [0, 0.05) is 17.6 Å². The molecule has 3 nitrogen and oxygen atoms in total. The second-order valence-corrected chi connectivity index (χ2v) is 4.83. The molecule has 0 atom stereocenters. The molecule has 1 aliphatic heterocycles. The molecule has 0 aliphatic carbocycles. The summed E-state index contributed by atoms with van der Waals surface area (Å²) in [7, 11) is 0. The van der Waals surface area contributed by atoms with Crippen LogP contribution in [0.2, 0.25) is 0 Å². The summed E-state index contributed by atoms with van der Waals surface area (Å²) in [5.74, 6) is -0.0306. The maximum absolute atomic E-state index is 11.9. The van der Waals surface area contributed by atoms with Crippen LogP contribution in [0.15, 0.2) is 40.4 Å². The zero-order valence-electron chi connectivity index (χ0n) is 9.50. The Morgan fingerprint density at radius 2 is 2.24 bits per heavy atom. The molecule has 4 heteroatoms. The number of carbonyl (C=O) groups excluding carboxylic acids is 1. The van der Waals surface area contributed by atoms with Crippen LogP contribution in [0.3, 0.4) is 0 Å². The zero-order chi connectivity index (χ0) is 12.1. The average molecular weight is 295 g/mol. The minimum atomic E-state index is -0.0306. The van der Waals surface area contributed by atoms with Gasteiger partial charge in [-0.25, -0.2) is 0 Å². The van der Waals surface area contributed by atoms with Gasteiger partial charge in [-0.3, -0.25) is 4.79 Å². The Hall–Kier alpha value is -1.13. The fourth-order valence-corrected chi connectivity index (χ4v) is 2.23. The molecule has 1 aromatic rings. The van der Waals surface area contributed by atoms with Crippen LogP contribution in [0.5, 0.6) is 0 Å². The summed E-state index contributed by atoms with van der Waals surface area (Å²) in [6.45, 7) is 2.54. The Kier molecular flexibility index (Phi) is 4.34. The third-order valence-electron chi connectivity index (χ3n) is 2.75. The van der Waals surface area contributed by atoms with E-state index in [9.17, 15) is 4.79 Å². The summed E-state index contributed by atoms with van der Waals surface area (Å²) in [5, 5.41) is 6.19. The van der Waals surface area contributed by atoms with E-state index in [-0.39, 0.29) is 5.91 Å². The summed E-state index contributed by atoms with van der Waals surface area (Å²) in [5.41, 5.74) is 1.98. The fourth-order valence-electron chi connectivity index (χ4n) is 1.76. The van der Waals surface area contributed by atoms with E-state index >= 15 is 0 Å². The van der Waals surface area contributed by atoms with Crippen LogP contribution in [0.1, 0.15) is 16.8 Å². The molecule has 1 heterocycles. The van der Waals surface area contributed by atoms with Crippen molar-refractivity contribution in [2.45, 2.75) is 6.42 Å². The van der Waals surface area contributed by atoms with Crippen molar-refractivity contribution in [3.05, 3.63) is 46.0 Å². The lowest BCUT2D eigenvalue weighted by Crippen LogP contribution is -2.29. The van der Waals surface area contributed by atoms with Crippen LogP contribution in [0.4, 0.5) is 0 Å². The lowest BCUT2D eigenvalue weighted by Gasteiger charge is -2.14. The van der Waals surface area contributed by atoms with Crippen LogP contribution in [-0.2, 0) is 0 Å². The Morgan fingerprint density at radius 3 is 2.94 bits per heavy atom. The van der Waals surface area contributed by atoms with Gasteiger partial charge in [0.05, 0.1) is 5.56 Å². The molecule has 2 N–H and O–H groups in total. The molecule has 0 saturated heterocycles. The van der Waals surface area contributed by atoms with E-state index in [1.165, 1.54) is 5.57 Å². The minimum absolute atomic E-state index is 0.0306. The van der Waals surface area contributed by atoms with Crippen molar-refractivity contribution in [3.63, 3.8) is 0 Å². The lowest BCUT2D eigenvalue weighted by atomic mass is 10.1. The first-order chi connectivity index (χ1) is 8.27. The average Bonchev–Trinajstić information content (AvgIpc) is 2.38. The molecule has 1 aliphatic rings. The molecule has 2 rings (SSSR count). The van der Waals surface area contributed by atoms with Gasteiger partial charge >= 0.3 is 0 Å². The second kappa shape index (κ2) is 5.98. The van der Waals surface area contributed by atoms with Crippen molar-refractivity contribution >= 4 is 21.8 Å². The van der Waals surface area contributed by atoms with Crippen LogP contribution < -0.4 is 10.6 Å². The Balaban J connectivity index is 1.93. The largest absolute Gasteiger partial charge is 0.348 e. The lowest BCUT2D eigenvalue weighted by molar-refractivity contribution is 0.0956. The minimum Gasteiger partial charge on any atom is -0.348 e. The van der Waals surface area contributed by atoms with E-state index in [2.05, 4.69) is 32.6 Å². The molecule has 0 spiro atoms. The first-order valence-electron chi connectivity index (χ1n) is 5.69. The van der Waals surface area contributed by atoms with Gasteiger partial charge in [0.2, 0.25) is 0 Å². The number of rotatable bonds is 3. The van der Waals surface area contributed by atoms with E-state index < -0.39 is 0 Å². The molecule has 90 valence electrons. The van der Waals surface area contributed by atoms with Crippen LogP contribution in [-0.4, -0.2) is 25.5 Å². The van der Waals surface area contributed by atoms with Gasteiger partial charge in [-0.15, -0.1) is 0 Å². The van der Waals surface area contributed by atoms with Crippen molar-refractivity contribution in [2.75, 3.05) is 19.6 Å². The molecule has 0 saturated carbocycles. The first-order valence-corrected chi connectivity index (χ1v) is 6.48. The quantitative estimate of drug-likeness (QED) is 0.839. The van der Waals surface area contributed by atoms with Gasteiger partial charge in [0.1, 0.15) is 0 Å². The molecule has 0 radical (unpaired) electrons. The van der Waals surface area contributed by atoms with Crippen molar-refractivity contribution in [2.24, 2.45) is 0 Å². The number of carbonyl (C=O) groups is 1. The van der Waals surface area contributed by atoms with Crippen LogP contribution >= 0.6 is 15.9 Å². The highest BCUT2D eigenvalue weighted by Crippen LogP contribution is 2.15. The molecular weight excluding hydrogens is 280 g/mol. The predicted molar refractivity (Wildman–Crippen MR) is 72.0 cm³/mol. The normalized spacial score (nSPS) is 15.2. The summed E-state index contributed by atoms with van der Waals surface area (Å²) >= 11 is 3.38. The van der Waals surface area contributed by atoms with Crippen molar-refractivity contribution in [1.82, 2.24) is 10.6 Å². The molecule has 1 amide bonds. The number of hydrogen-bond acceptors (Lipinski definition) is 2. The highest BCUT2D eigenvalue weighted by Gasteiger charge is 2.10. The molecule has 0 bridgehead atoms. The fraction of sp³-hybridized carbons (Fsp3) is 0.308. The van der Waals surface area contributed by atoms with E-state index in [0.717, 1.165) is 24.0 Å². The Morgan fingerprint density at radius 1 is 1.41 bits per heavy atom. The van der Waals surface area contributed by atoms with Crippen LogP contribution in [0, 0.1) is 0 Å². The van der Waals surface area contributed by atoms with Crippen molar-refractivity contribution < 1.29 is 4.79 Å². The van der Waals surface area contributed by atoms with Gasteiger partial charge in [0.25, 0.3) is 5.91 Å². The van der Waals surface area contributed by atoms with Crippen LogP contribution in [0.25, 0.3) is 0 Å². The molecular formula is C13H15BrN2O. The maximum Gasteiger partial charge on any atom is 0.252 e. The predicted octanol–water partition coefficient (Wildman–Crippen LogP) is 2.10. The standard InChI is InChI=1S/C13H15BrN2O/c14-12-4-2-1-3-11(12)13(17)16-9-10-5-7-15-8-6-10/h1-5,15H,6-9H2,(H,16,17). The van der Waals surface area contributed by atoms with Crippen molar-refractivity contribution in [3.8, 4) is 0 Å². The van der Waals surface area contributed by atoms with Gasteiger partial charge in [-0.2, -0.15) is 0 Å². The topological polar surface area (TPSA) is 41.1 Å². The summed E-state index contributed by atoms with van der Waals surface area (Å²) in [4.78, 5) is 11.9. The van der Waals surface area contributed by atoms with Gasteiger partial charge in [0.15, 0.2) is 0 Å². The van der Waals surface area contributed by atoms with E-state index in [0.29, 0.717) is 12.1 Å². The molecule has 1 aromatic carbocycles. The van der Waals surface area contributed by atoms with E-state index in [4.69, 9.17) is 0 Å². The zero-order valence-corrected chi connectivity index (χ0v) is 11.1. The number of nitrogens with one attached hydrogen (secondary N) is 2. The van der Waals surface area contributed by atoms with Crippen molar-refractivity contribution in [1.29, 1.82) is 0 Å². The number of hydrogen-bond donors (Lipinski definition) is 2. The van der Waals surface area contributed by atoms with Gasteiger partial charge < -0.3 is 10.6 Å². The molecule has 17 heavy (non-hydrogen) atoms. The maximum atomic E-state index is 11.9. The third kappa shape index (κ3) is 3.41. The third-order valence-corrected chi connectivity index (χ3v) is 3.44. The molecule has 0 fully saturated rings. The highest BCUT2D eigenvalue weighted by molar-refractivity contribution is 9.10. The molecule has 0 unspecified atom stereocenters. The summed E-state index contributed by atoms with van der Waals surface area (Å²) in [6, 6.07) is 7.45. The first kappa shape index (κ1) is 12.3. The van der Waals surface area contributed by atoms with E-state index in [1.807, 2.05) is 24.3 Å². The van der Waals surface area contributed by atoms with E-state index in [1.54, 1.807) is 0 Å². The smallest absolute Gasteiger partial charge is 0.252 e. The number of amides is 1. The summed E-state index contributed by atoms with van der Waals surface area (Å²) < 4.78 is 0.830. The summed E-state index contributed by atoms with van der Waals surface area (Å²) in [6.07, 6.45) is 3.15. The highest BCUT2D eigenvalue weighted by atomic mass is 79.9. The van der Waals surface area contributed by atoms with Gasteiger partial charge in [-0.1, -0.05) is 23.8 Å². The monoisotopic (exact) mass is 294 g/mol. The Labute approximate surface area is 109 Å². The SMILES string of the molecule is O=C(NCC1=CCNCC1)c1ccccc1Br. The number of benzene rings is 1. The van der Waals surface area contributed by atoms with Gasteiger partial charge in [-0.05, 0) is 41.0 Å². The Bertz CT molecular complexity index is 443. The molecule has 0 aromatic heterocycles. The number of halogens is 1. The second-order valence-electron chi connectivity index (χ2n) is 3.98.